The quantitative estimate of drug-likeness (QED) is 0.836. The maximum Gasteiger partial charge on any atom is 0.240 e. The van der Waals surface area contributed by atoms with Crippen LogP contribution in [0.5, 0.6) is 0 Å². The first-order valence-corrected chi connectivity index (χ1v) is 6.56. The highest BCUT2D eigenvalue weighted by atomic mass is 32.1. The second-order valence-corrected chi connectivity index (χ2v) is 5.43. The van der Waals surface area contributed by atoms with Crippen LogP contribution in [0, 0.1) is 0 Å². The summed E-state index contributed by atoms with van der Waals surface area (Å²) in [6, 6.07) is 7.34. The van der Waals surface area contributed by atoms with Gasteiger partial charge < -0.3 is 15.7 Å². The number of hydrogen-bond acceptors (Lipinski definition) is 5. The van der Waals surface area contributed by atoms with Gasteiger partial charge in [-0.2, -0.15) is 0 Å². The third kappa shape index (κ3) is 1.83. The molecule has 1 aliphatic heterocycles. The van der Waals surface area contributed by atoms with Gasteiger partial charge in [0.2, 0.25) is 5.91 Å². The number of amides is 1. The lowest BCUT2D eigenvalue weighted by molar-refractivity contribution is -0.119. The van der Waals surface area contributed by atoms with Crippen molar-refractivity contribution in [1.82, 2.24) is 4.98 Å². The number of carbonyl (C=O) groups excluding carboxylic acids is 1. The SMILES string of the molecule is NC(=O)[C@@H]1C[C@@H](O)CN1c1nc2ccccc2s1. The molecule has 1 saturated heterocycles. The maximum absolute atomic E-state index is 11.4. The Labute approximate surface area is 108 Å². The molecule has 0 unspecified atom stereocenters. The van der Waals surface area contributed by atoms with Gasteiger partial charge in [-0.3, -0.25) is 4.79 Å². The summed E-state index contributed by atoms with van der Waals surface area (Å²) in [5.74, 6) is -0.411. The van der Waals surface area contributed by atoms with Gasteiger partial charge in [0.15, 0.2) is 5.13 Å². The van der Waals surface area contributed by atoms with Gasteiger partial charge in [0.25, 0.3) is 0 Å². The summed E-state index contributed by atoms with van der Waals surface area (Å²) >= 11 is 1.51. The number of fused-ring (bicyclic) bond motifs is 1. The number of nitrogens with two attached hydrogens (primary N) is 1. The van der Waals surface area contributed by atoms with Gasteiger partial charge in [-0.1, -0.05) is 23.5 Å². The number of anilines is 1. The largest absolute Gasteiger partial charge is 0.391 e. The van der Waals surface area contributed by atoms with E-state index in [-0.39, 0.29) is 0 Å². The Bertz CT molecular complexity index is 565. The summed E-state index contributed by atoms with van der Waals surface area (Å²) < 4.78 is 1.07. The first-order valence-electron chi connectivity index (χ1n) is 5.75. The molecule has 1 aromatic carbocycles. The number of benzene rings is 1. The molecule has 6 heteroatoms. The minimum absolute atomic E-state index is 0.380. The van der Waals surface area contributed by atoms with Crippen molar-refractivity contribution in [3.63, 3.8) is 0 Å². The number of thiazole rings is 1. The molecule has 2 atom stereocenters. The molecular weight excluding hydrogens is 250 g/mol. The van der Waals surface area contributed by atoms with E-state index in [2.05, 4.69) is 4.98 Å². The van der Waals surface area contributed by atoms with Crippen LogP contribution in [-0.2, 0) is 4.79 Å². The fraction of sp³-hybridized carbons (Fsp3) is 0.333. The highest BCUT2D eigenvalue weighted by molar-refractivity contribution is 7.22. The summed E-state index contributed by atoms with van der Waals surface area (Å²) in [5.41, 5.74) is 6.27. The topological polar surface area (TPSA) is 79.5 Å². The summed E-state index contributed by atoms with van der Waals surface area (Å²) in [6.07, 6.45) is -0.139. The van der Waals surface area contributed by atoms with Gasteiger partial charge in [0, 0.05) is 13.0 Å². The van der Waals surface area contributed by atoms with E-state index in [1.165, 1.54) is 11.3 Å². The van der Waals surface area contributed by atoms with Crippen LogP contribution in [0.3, 0.4) is 0 Å². The van der Waals surface area contributed by atoms with Crippen molar-refractivity contribution < 1.29 is 9.90 Å². The molecule has 0 spiro atoms. The Kier molecular flexibility index (Phi) is 2.68. The van der Waals surface area contributed by atoms with Crippen LogP contribution >= 0.6 is 11.3 Å². The summed E-state index contributed by atoms with van der Waals surface area (Å²) in [4.78, 5) is 17.7. The van der Waals surface area contributed by atoms with Crippen LogP contribution < -0.4 is 10.6 Å². The number of rotatable bonds is 2. The first-order chi connectivity index (χ1) is 8.65. The third-order valence-corrected chi connectivity index (χ3v) is 4.21. The normalized spacial score (nSPS) is 23.7. The van der Waals surface area contributed by atoms with Crippen LogP contribution in [0.15, 0.2) is 24.3 Å². The average molecular weight is 263 g/mol. The van der Waals surface area contributed by atoms with E-state index >= 15 is 0 Å². The van der Waals surface area contributed by atoms with Gasteiger partial charge in [-0.15, -0.1) is 0 Å². The molecule has 0 bridgehead atoms. The Morgan fingerprint density at radius 3 is 3.00 bits per heavy atom. The van der Waals surface area contributed by atoms with Crippen molar-refractivity contribution in [2.24, 2.45) is 5.73 Å². The predicted octanol–water partition coefficient (Wildman–Crippen LogP) is 0.721. The van der Waals surface area contributed by atoms with Crippen molar-refractivity contribution in [2.45, 2.75) is 18.6 Å². The van der Waals surface area contributed by atoms with Crippen LogP contribution in [0.1, 0.15) is 6.42 Å². The molecule has 0 radical (unpaired) electrons. The summed E-state index contributed by atoms with van der Waals surface area (Å²) in [7, 11) is 0. The van der Waals surface area contributed by atoms with E-state index in [1.807, 2.05) is 24.3 Å². The van der Waals surface area contributed by atoms with E-state index in [1.54, 1.807) is 4.90 Å². The van der Waals surface area contributed by atoms with Crippen molar-refractivity contribution >= 4 is 32.6 Å². The van der Waals surface area contributed by atoms with Crippen LogP contribution in [-0.4, -0.2) is 34.7 Å². The van der Waals surface area contributed by atoms with Crippen LogP contribution in [0.25, 0.3) is 10.2 Å². The lowest BCUT2D eigenvalue weighted by Gasteiger charge is -2.20. The number of hydrogen-bond donors (Lipinski definition) is 2. The molecule has 0 aliphatic carbocycles. The number of primary amides is 1. The second kappa shape index (κ2) is 4.22. The molecule has 5 nitrogen and oxygen atoms in total. The summed E-state index contributed by atoms with van der Waals surface area (Å²) in [6.45, 7) is 0.410. The zero-order valence-electron chi connectivity index (χ0n) is 9.61. The molecule has 2 heterocycles. The molecule has 3 N–H and O–H groups in total. The van der Waals surface area contributed by atoms with Gasteiger partial charge >= 0.3 is 0 Å². The van der Waals surface area contributed by atoms with E-state index in [4.69, 9.17) is 5.73 Å². The van der Waals surface area contributed by atoms with E-state index in [9.17, 15) is 9.90 Å². The number of carbonyl (C=O) groups is 1. The van der Waals surface area contributed by atoms with Gasteiger partial charge in [-0.25, -0.2) is 4.98 Å². The lowest BCUT2D eigenvalue weighted by Crippen LogP contribution is -2.40. The van der Waals surface area contributed by atoms with Crippen LogP contribution in [0.2, 0.25) is 0 Å². The standard InChI is InChI=1S/C12H13N3O2S/c13-11(17)9-5-7(16)6-15(9)12-14-8-3-1-2-4-10(8)18-12/h1-4,7,9,16H,5-6H2,(H2,13,17)/t7-,9+/m1/s1. The smallest absolute Gasteiger partial charge is 0.240 e. The van der Waals surface area contributed by atoms with E-state index in [0.717, 1.165) is 15.3 Å². The molecule has 18 heavy (non-hydrogen) atoms. The van der Waals surface area contributed by atoms with E-state index in [0.29, 0.717) is 13.0 Å². The second-order valence-electron chi connectivity index (χ2n) is 4.42. The van der Waals surface area contributed by atoms with Gasteiger partial charge in [0.05, 0.1) is 16.3 Å². The molecular formula is C12H13N3O2S. The molecule has 0 saturated carbocycles. The highest BCUT2D eigenvalue weighted by Gasteiger charge is 2.36. The fourth-order valence-electron chi connectivity index (χ4n) is 2.28. The van der Waals surface area contributed by atoms with Crippen molar-refractivity contribution in [3.05, 3.63) is 24.3 Å². The minimum Gasteiger partial charge on any atom is -0.391 e. The minimum atomic E-state index is -0.519. The van der Waals surface area contributed by atoms with Gasteiger partial charge in [0.1, 0.15) is 6.04 Å². The molecule has 1 aromatic heterocycles. The lowest BCUT2D eigenvalue weighted by atomic mass is 10.2. The number of aliphatic hydroxyl groups excluding tert-OH is 1. The molecule has 3 rings (SSSR count). The Morgan fingerprint density at radius 1 is 1.50 bits per heavy atom. The number of para-hydroxylation sites is 1. The summed E-state index contributed by atoms with van der Waals surface area (Å²) in [5, 5.41) is 10.4. The number of β-amino-alcohol motifs (C(OH)–C–C–N with tert-alkyl or cyclic N) is 1. The Balaban J connectivity index is 2.00. The fourth-order valence-corrected chi connectivity index (χ4v) is 3.30. The van der Waals surface area contributed by atoms with Crippen molar-refractivity contribution in [3.8, 4) is 0 Å². The van der Waals surface area contributed by atoms with E-state index < -0.39 is 18.1 Å². The molecule has 94 valence electrons. The zero-order valence-corrected chi connectivity index (χ0v) is 10.4. The predicted molar refractivity (Wildman–Crippen MR) is 70.6 cm³/mol. The molecule has 1 amide bonds. The van der Waals surface area contributed by atoms with Gasteiger partial charge in [-0.05, 0) is 12.1 Å². The first kappa shape index (κ1) is 11.4. The van der Waals surface area contributed by atoms with Crippen LogP contribution in [0.4, 0.5) is 5.13 Å². The number of aliphatic hydroxyl groups is 1. The average Bonchev–Trinajstić information content (AvgIpc) is 2.91. The Hall–Kier alpha value is -1.66. The molecule has 1 aliphatic rings. The van der Waals surface area contributed by atoms with Crippen molar-refractivity contribution in [1.29, 1.82) is 0 Å². The van der Waals surface area contributed by atoms with Crippen molar-refractivity contribution in [2.75, 3.05) is 11.4 Å². The number of nitrogens with zero attached hydrogens (tertiary/aromatic N) is 2. The zero-order chi connectivity index (χ0) is 12.7. The molecule has 2 aromatic rings. The Morgan fingerprint density at radius 2 is 2.28 bits per heavy atom. The molecule has 1 fully saturated rings. The third-order valence-electron chi connectivity index (χ3n) is 3.14. The highest BCUT2D eigenvalue weighted by Crippen LogP contribution is 2.33. The maximum atomic E-state index is 11.4. The number of aromatic nitrogens is 1. The monoisotopic (exact) mass is 263 g/mol.